The average Bonchev–Trinajstić information content (AvgIpc) is 2.20. The van der Waals surface area contributed by atoms with Crippen LogP contribution < -0.4 is 10.1 Å². The summed E-state index contributed by atoms with van der Waals surface area (Å²) in [6, 6.07) is 8.10. The minimum Gasteiger partial charge on any atom is -0.491 e. The predicted molar refractivity (Wildman–Crippen MR) is 64.1 cm³/mol. The minimum absolute atomic E-state index is 0.213. The largest absolute Gasteiger partial charge is 0.491 e. The molecule has 0 amide bonds. The molecule has 0 fully saturated rings. The summed E-state index contributed by atoms with van der Waals surface area (Å²) < 4.78 is 5.71. The molecule has 0 heterocycles. The SMILES string of the molecule is C=CCNCc1ccccc1OC(C)C. The van der Waals surface area contributed by atoms with Crippen molar-refractivity contribution in [3.63, 3.8) is 0 Å². The van der Waals surface area contributed by atoms with E-state index in [9.17, 15) is 0 Å². The number of hydrogen-bond donors (Lipinski definition) is 1. The maximum Gasteiger partial charge on any atom is 0.124 e. The first kappa shape index (κ1) is 11.8. The molecule has 1 N–H and O–H groups in total. The van der Waals surface area contributed by atoms with Gasteiger partial charge in [-0.2, -0.15) is 0 Å². The Labute approximate surface area is 92.0 Å². The molecule has 1 aromatic carbocycles. The van der Waals surface area contributed by atoms with E-state index in [1.54, 1.807) is 0 Å². The van der Waals surface area contributed by atoms with Gasteiger partial charge >= 0.3 is 0 Å². The summed E-state index contributed by atoms with van der Waals surface area (Å²) in [6.07, 6.45) is 2.07. The third kappa shape index (κ3) is 4.17. The molecule has 0 atom stereocenters. The number of hydrogen-bond acceptors (Lipinski definition) is 2. The van der Waals surface area contributed by atoms with Gasteiger partial charge in [-0.05, 0) is 19.9 Å². The molecule has 0 aliphatic carbocycles. The molecule has 0 aromatic heterocycles. The van der Waals surface area contributed by atoms with Crippen LogP contribution in [-0.4, -0.2) is 12.6 Å². The maximum absolute atomic E-state index is 5.71. The van der Waals surface area contributed by atoms with E-state index < -0.39 is 0 Å². The van der Waals surface area contributed by atoms with Crippen molar-refractivity contribution in [1.29, 1.82) is 0 Å². The van der Waals surface area contributed by atoms with Gasteiger partial charge in [0.25, 0.3) is 0 Å². The van der Waals surface area contributed by atoms with Crippen LogP contribution in [0, 0.1) is 0 Å². The van der Waals surface area contributed by atoms with Crippen LogP contribution in [0.2, 0.25) is 0 Å². The van der Waals surface area contributed by atoms with Crippen LogP contribution in [0.1, 0.15) is 19.4 Å². The molecular formula is C13H19NO. The molecule has 0 bridgehead atoms. The first-order chi connectivity index (χ1) is 7.24. The molecule has 0 saturated carbocycles. The quantitative estimate of drug-likeness (QED) is 0.569. The molecule has 0 saturated heterocycles. The molecule has 0 aliphatic heterocycles. The summed E-state index contributed by atoms with van der Waals surface area (Å²) >= 11 is 0. The van der Waals surface area contributed by atoms with E-state index in [-0.39, 0.29) is 6.10 Å². The van der Waals surface area contributed by atoms with E-state index in [0.29, 0.717) is 0 Å². The molecule has 15 heavy (non-hydrogen) atoms. The Hall–Kier alpha value is -1.28. The summed E-state index contributed by atoms with van der Waals surface area (Å²) in [5, 5.41) is 3.27. The van der Waals surface area contributed by atoms with Crippen LogP contribution in [0.5, 0.6) is 5.75 Å². The van der Waals surface area contributed by atoms with Crippen LogP contribution in [0.15, 0.2) is 36.9 Å². The molecule has 0 aliphatic rings. The second-order valence-corrected chi connectivity index (χ2v) is 3.69. The van der Waals surface area contributed by atoms with Crippen molar-refractivity contribution in [3.05, 3.63) is 42.5 Å². The van der Waals surface area contributed by atoms with Gasteiger partial charge in [-0.15, -0.1) is 6.58 Å². The Balaban J connectivity index is 2.63. The zero-order valence-corrected chi connectivity index (χ0v) is 9.49. The van der Waals surface area contributed by atoms with Crippen LogP contribution in [0.3, 0.4) is 0 Å². The van der Waals surface area contributed by atoms with Crippen LogP contribution in [0.25, 0.3) is 0 Å². The first-order valence-corrected chi connectivity index (χ1v) is 5.30. The smallest absolute Gasteiger partial charge is 0.124 e. The molecule has 0 radical (unpaired) electrons. The molecule has 1 aromatic rings. The first-order valence-electron chi connectivity index (χ1n) is 5.30. The standard InChI is InChI=1S/C13H19NO/c1-4-9-14-10-12-7-5-6-8-13(12)15-11(2)3/h4-8,11,14H,1,9-10H2,2-3H3. The van der Waals surface area contributed by atoms with Crippen molar-refractivity contribution >= 4 is 0 Å². The van der Waals surface area contributed by atoms with Gasteiger partial charge in [0.2, 0.25) is 0 Å². The molecule has 0 unspecified atom stereocenters. The number of para-hydroxylation sites is 1. The fraction of sp³-hybridized carbons (Fsp3) is 0.385. The average molecular weight is 205 g/mol. The van der Waals surface area contributed by atoms with Crippen molar-refractivity contribution in [2.45, 2.75) is 26.5 Å². The lowest BCUT2D eigenvalue weighted by Gasteiger charge is -2.14. The third-order valence-electron chi connectivity index (χ3n) is 1.94. The Bertz CT molecular complexity index is 307. The van der Waals surface area contributed by atoms with E-state index in [1.165, 1.54) is 5.56 Å². The highest BCUT2D eigenvalue weighted by Crippen LogP contribution is 2.18. The van der Waals surface area contributed by atoms with Gasteiger partial charge in [0.1, 0.15) is 5.75 Å². The molecule has 2 heteroatoms. The van der Waals surface area contributed by atoms with Gasteiger partial charge in [-0.1, -0.05) is 24.3 Å². The monoisotopic (exact) mass is 205 g/mol. The summed E-state index contributed by atoms with van der Waals surface area (Å²) in [7, 11) is 0. The highest BCUT2D eigenvalue weighted by molar-refractivity contribution is 5.33. The van der Waals surface area contributed by atoms with Crippen LogP contribution in [0.4, 0.5) is 0 Å². The van der Waals surface area contributed by atoms with Crippen molar-refractivity contribution in [3.8, 4) is 5.75 Å². The van der Waals surface area contributed by atoms with E-state index in [1.807, 2.05) is 38.1 Å². The van der Waals surface area contributed by atoms with Gasteiger partial charge < -0.3 is 10.1 Å². The fourth-order valence-electron chi connectivity index (χ4n) is 1.33. The van der Waals surface area contributed by atoms with Gasteiger partial charge in [0.05, 0.1) is 6.10 Å². The molecule has 1 rings (SSSR count). The molecular weight excluding hydrogens is 186 g/mol. The Morgan fingerprint density at radius 1 is 1.40 bits per heavy atom. The van der Waals surface area contributed by atoms with Gasteiger partial charge in [-0.3, -0.25) is 0 Å². The van der Waals surface area contributed by atoms with E-state index in [4.69, 9.17) is 4.74 Å². The second-order valence-electron chi connectivity index (χ2n) is 3.69. The number of benzene rings is 1. The fourth-order valence-corrected chi connectivity index (χ4v) is 1.33. The van der Waals surface area contributed by atoms with Gasteiger partial charge in [-0.25, -0.2) is 0 Å². The van der Waals surface area contributed by atoms with Crippen molar-refractivity contribution in [2.24, 2.45) is 0 Å². The summed E-state index contributed by atoms with van der Waals surface area (Å²) in [4.78, 5) is 0. The zero-order valence-electron chi connectivity index (χ0n) is 9.49. The lowest BCUT2D eigenvalue weighted by atomic mass is 10.2. The Morgan fingerprint density at radius 2 is 2.13 bits per heavy atom. The number of nitrogens with one attached hydrogen (secondary N) is 1. The lowest BCUT2D eigenvalue weighted by Crippen LogP contribution is -2.15. The zero-order chi connectivity index (χ0) is 11.1. The van der Waals surface area contributed by atoms with Gasteiger partial charge in [0, 0.05) is 18.7 Å². The minimum atomic E-state index is 0.213. The van der Waals surface area contributed by atoms with E-state index in [2.05, 4.69) is 18.0 Å². The Morgan fingerprint density at radius 3 is 2.80 bits per heavy atom. The highest BCUT2D eigenvalue weighted by atomic mass is 16.5. The normalized spacial score (nSPS) is 10.3. The summed E-state index contributed by atoms with van der Waals surface area (Å²) in [5.74, 6) is 0.962. The molecule has 0 spiro atoms. The summed E-state index contributed by atoms with van der Waals surface area (Å²) in [6.45, 7) is 9.37. The topological polar surface area (TPSA) is 21.3 Å². The number of rotatable bonds is 6. The predicted octanol–water partition coefficient (Wildman–Crippen LogP) is 2.75. The van der Waals surface area contributed by atoms with E-state index >= 15 is 0 Å². The Kier molecular flexibility index (Phi) is 4.91. The molecule has 2 nitrogen and oxygen atoms in total. The van der Waals surface area contributed by atoms with Crippen LogP contribution in [-0.2, 0) is 6.54 Å². The number of ether oxygens (including phenoxy) is 1. The molecule has 82 valence electrons. The highest BCUT2D eigenvalue weighted by Gasteiger charge is 2.03. The van der Waals surface area contributed by atoms with Crippen molar-refractivity contribution in [2.75, 3.05) is 6.54 Å². The summed E-state index contributed by atoms with van der Waals surface area (Å²) in [5.41, 5.74) is 1.19. The lowest BCUT2D eigenvalue weighted by molar-refractivity contribution is 0.239. The maximum atomic E-state index is 5.71. The van der Waals surface area contributed by atoms with Gasteiger partial charge in [0.15, 0.2) is 0 Å². The van der Waals surface area contributed by atoms with Crippen LogP contribution >= 0.6 is 0 Å². The van der Waals surface area contributed by atoms with E-state index in [0.717, 1.165) is 18.8 Å². The van der Waals surface area contributed by atoms with Crippen molar-refractivity contribution in [1.82, 2.24) is 5.32 Å². The third-order valence-corrected chi connectivity index (χ3v) is 1.94. The van der Waals surface area contributed by atoms with Crippen molar-refractivity contribution < 1.29 is 4.74 Å². The second kappa shape index (κ2) is 6.25.